The summed E-state index contributed by atoms with van der Waals surface area (Å²) < 4.78 is 5.46. The second kappa shape index (κ2) is 7.88. The van der Waals surface area contributed by atoms with Gasteiger partial charge in [-0.05, 0) is 50.5 Å². The Balaban J connectivity index is 1.57. The zero-order valence-electron chi connectivity index (χ0n) is 14.3. The van der Waals surface area contributed by atoms with Crippen LogP contribution in [0.3, 0.4) is 0 Å². The Morgan fingerprint density at radius 1 is 1.16 bits per heavy atom. The number of carbonyl (C=O) groups is 2. The fraction of sp³-hybridized carbons (Fsp3) is 0.368. The molecule has 6 heteroatoms. The van der Waals surface area contributed by atoms with Crippen LogP contribution in [-0.4, -0.2) is 36.0 Å². The zero-order valence-corrected chi connectivity index (χ0v) is 14.3. The van der Waals surface area contributed by atoms with Crippen LogP contribution in [0.1, 0.15) is 35.6 Å². The lowest BCUT2D eigenvalue weighted by Crippen LogP contribution is -2.49. The molecule has 0 bridgehead atoms. The van der Waals surface area contributed by atoms with E-state index in [1.807, 2.05) is 42.2 Å². The lowest BCUT2D eigenvalue weighted by atomic mass is 10.0. The van der Waals surface area contributed by atoms with Gasteiger partial charge in [0.1, 0.15) is 5.76 Å². The number of rotatable bonds is 4. The van der Waals surface area contributed by atoms with Crippen LogP contribution < -0.4 is 10.6 Å². The van der Waals surface area contributed by atoms with Gasteiger partial charge in [0.15, 0.2) is 5.76 Å². The molecule has 132 valence electrons. The van der Waals surface area contributed by atoms with Crippen LogP contribution in [0.25, 0.3) is 0 Å². The predicted molar refractivity (Wildman–Crippen MR) is 95.6 cm³/mol. The van der Waals surface area contributed by atoms with Gasteiger partial charge in [-0.15, -0.1) is 0 Å². The number of para-hydroxylation sites is 1. The molecule has 1 aliphatic rings. The number of piperidine rings is 1. The van der Waals surface area contributed by atoms with Gasteiger partial charge < -0.3 is 20.0 Å². The normalized spacial score (nSPS) is 17.2. The number of nitrogens with one attached hydrogen (secondary N) is 2. The first kappa shape index (κ1) is 17.1. The lowest BCUT2D eigenvalue weighted by molar-refractivity contribution is 0.0581. The van der Waals surface area contributed by atoms with E-state index in [0.717, 1.165) is 30.7 Å². The minimum atomic E-state index is -0.266. The molecule has 0 saturated carbocycles. The van der Waals surface area contributed by atoms with Crippen LogP contribution in [-0.2, 0) is 0 Å². The quantitative estimate of drug-likeness (QED) is 0.895. The van der Waals surface area contributed by atoms with Gasteiger partial charge in [0.25, 0.3) is 5.91 Å². The Bertz CT molecular complexity index is 727. The summed E-state index contributed by atoms with van der Waals surface area (Å²) in [6, 6.07) is 12.5. The molecule has 0 radical (unpaired) electrons. The monoisotopic (exact) mass is 341 g/mol. The van der Waals surface area contributed by atoms with Crippen molar-refractivity contribution in [2.75, 3.05) is 18.4 Å². The van der Waals surface area contributed by atoms with Crippen molar-refractivity contribution >= 4 is 17.6 Å². The van der Waals surface area contributed by atoms with E-state index in [2.05, 4.69) is 10.6 Å². The molecule has 2 heterocycles. The van der Waals surface area contributed by atoms with Crippen LogP contribution in [0.4, 0.5) is 10.5 Å². The van der Waals surface area contributed by atoms with E-state index < -0.39 is 0 Å². The van der Waals surface area contributed by atoms with Crippen LogP contribution in [0.5, 0.6) is 0 Å². The molecule has 1 aromatic heterocycles. The highest BCUT2D eigenvalue weighted by Gasteiger charge is 2.29. The summed E-state index contributed by atoms with van der Waals surface area (Å²) in [5.74, 6) is 0.971. The van der Waals surface area contributed by atoms with Crippen molar-refractivity contribution in [3.63, 3.8) is 0 Å². The van der Waals surface area contributed by atoms with Gasteiger partial charge in [-0.3, -0.25) is 4.79 Å². The van der Waals surface area contributed by atoms with Gasteiger partial charge in [-0.25, -0.2) is 4.79 Å². The number of likely N-dealkylation sites (tertiary alicyclic amines) is 1. The molecular formula is C19H23N3O3. The topological polar surface area (TPSA) is 74.6 Å². The van der Waals surface area contributed by atoms with E-state index in [-0.39, 0.29) is 18.0 Å². The molecule has 0 spiro atoms. The first-order valence-corrected chi connectivity index (χ1v) is 8.61. The van der Waals surface area contributed by atoms with Crippen molar-refractivity contribution in [1.29, 1.82) is 0 Å². The first-order chi connectivity index (χ1) is 12.1. The summed E-state index contributed by atoms with van der Waals surface area (Å²) in [4.78, 5) is 26.5. The first-order valence-electron chi connectivity index (χ1n) is 8.61. The standard InChI is InChI=1S/C19H23N3O3/c1-14-10-11-17(25-14)18(23)22-12-6-5-9-16(22)13-20-19(24)21-15-7-3-2-4-8-15/h2-4,7-8,10-11,16H,5-6,9,12-13H2,1H3,(H2,20,21,24)/t16-/m1/s1. The molecule has 0 aliphatic carbocycles. The van der Waals surface area contributed by atoms with E-state index >= 15 is 0 Å². The summed E-state index contributed by atoms with van der Waals surface area (Å²) in [5.41, 5.74) is 0.739. The number of benzene rings is 1. The molecule has 0 unspecified atom stereocenters. The number of anilines is 1. The minimum absolute atomic E-state index is 0.0202. The maximum atomic E-state index is 12.7. The van der Waals surface area contributed by atoms with Crippen LogP contribution in [0.2, 0.25) is 0 Å². The van der Waals surface area contributed by atoms with Crippen molar-refractivity contribution in [2.45, 2.75) is 32.2 Å². The summed E-state index contributed by atoms with van der Waals surface area (Å²) in [6.45, 7) is 2.93. The third-order valence-corrected chi connectivity index (χ3v) is 4.37. The second-order valence-corrected chi connectivity index (χ2v) is 6.26. The fourth-order valence-corrected chi connectivity index (χ4v) is 3.08. The van der Waals surface area contributed by atoms with Crippen LogP contribution in [0, 0.1) is 6.92 Å². The van der Waals surface area contributed by atoms with E-state index in [1.165, 1.54) is 0 Å². The minimum Gasteiger partial charge on any atom is -0.456 e. The number of furan rings is 1. The van der Waals surface area contributed by atoms with Crippen molar-refractivity contribution in [3.05, 3.63) is 54.0 Å². The fourth-order valence-electron chi connectivity index (χ4n) is 3.08. The van der Waals surface area contributed by atoms with Crippen molar-refractivity contribution in [3.8, 4) is 0 Å². The second-order valence-electron chi connectivity index (χ2n) is 6.26. The van der Waals surface area contributed by atoms with Gasteiger partial charge in [0.05, 0.1) is 0 Å². The largest absolute Gasteiger partial charge is 0.456 e. The maximum absolute atomic E-state index is 12.7. The molecule has 3 amide bonds. The number of carbonyl (C=O) groups excluding carboxylic acids is 2. The van der Waals surface area contributed by atoms with Crippen LogP contribution >= 0.6 is 0 Å². The van der Waals surface area contributed by atoms with Crippen LogP contribution in [0.15, 0.2) is 46.9 Å². The summed E-state index contributed by atoms with van der Waals surface area (Å²) in [5, 5.41) is 5.66. The molecule has 1 fully saturated rings. The molecule has 2 N–H and O–H groups in total. The number of hydrogen-bond donors (Lipinski definition) is 2. The Morgan fingerprint density at radius 3 is 2.68 bits per heavy atom. The Kier molecular flexibility index (Phi) is 5.38. The molecule has 3 rings (SSSR count). The van der Waals surface area contributed by atoms with Gasteiger partial charge >= 0.3 is 6.03 Å². The van der Waals surface area contributed by atoms with E-state index in [1.54, 1.807) is 12.1 Å². The number of amides is 3. The Labute approximate surface area is 147 Å². The highest BCUT2D eigenvalue weighted by Crippen LogP contribution is 2.20. The average Bonchev–Trinajstić information content (AvgIpc) is 3.07. The van der Waals surface area contributed by atoms with Gasteiger partial charge in [0.2, 0.25) is 0 Å². The number of aryl methyl sites for hydroxylation is 1. The molecule has 2 aromatic rings. The molecule has 1 aromatic carbocycles. The van der Waals surface area contributed by atoms with Gasteiger partial charge in [-0.2, -0.15) is 0 Å². The lowest BCUT2D eigenvalue weighted by Gasteiger charge is -2.35. The van der Waals surface area contributed by atoms with Crippen molar-refractivity contribution in [1.82, 2.24) is 10.2 Å². The zero-order chi connectivity index (χ0) is 17.6. The molecule has 1 saturated heterocycles. The molecular weight excluding hydrogens is 318 g/mol. The highest BCUT2D eigenvalue weighted by atomic mass is 16.3. The third kappa shape index (κ3) is 4.41. The average molecular weight is 341 g/mol. The third-order valence-electron chi connectivity index (χ3n) is 4.37. The maximum Gasteiger partial charge on any atom is 0.319 e. The highest BCUT2D eigenvalue weighted by molar-refractivity contribution is 5.92. The summed E-state index contributed by atoms with van der Waals surface area (Å²) >= 11 is 0. The SMILES string of the molecule is Cc1ccc(C(=O)N2CCCC[C@@H]2CNC(=O)Nc2ccccc2)o1. The van der Waals surface area contributed by atoms with Crippen molar-refractivity contribution in [2.24, 2.45) is 0 Å². The number of nitrogens with zero attached hydrogens (tertiary/aromatic N) is 1. The van der Waals surface area contributed by atoms with E-state index in [4.69, 9.17) is 4.42 Å². The Morgan fingerprint density at radius 2 is 1.96 bits per heavy atom. The van der Waals surface area contributed by atoms with Crippen molar-refractivity contribution < 1.29 is 14.0 Å². The number of hydrogen-bond acceptors (Lipinski definition) is 3. The molecule has 1 aliphatic heterocycles. The number of urea groups is 1. The van der Waals surface area contributed by atoms with E-state index in [9.17, 15) is 9.59 Å². The smallest absolute Gasteiger partial charge is 0.319 e. The van der Waals surface area contributed by atoms with Gasteiger partial charge in [0, 0.05) is 24.8 Å². The summed E-state index contributed by atoms with van der Waals surface area (Å²) in [6.07, 6.45) is 2.89. The van der Waals surface area contributed by atoms with E-state index in [0.29, 0.717) is 18.8 Å². The predicted octanol–water partition coefficient (Wildman–Crippen LogP) is 3.40. The Hall–Kier alpha value is -2.76. The molecule has 25 heavy (non-hydrogen) atoms. The molecule has 1 atom stereocenters. The van der Waals surface area contributed by atoms with Gasteiger partial charge in [-0.1, -0.05) is 18.2 Å². The molecule has 6 nitrogen and oxygen atoms in total. The summed E-state index contributed by atoms with van der Waals surface area (Å²) in [7, 11) is 0.